The molecule has 0 aliphatic carbocycles. The molecule has 3 aromatic rings. The summed E-state index contributed by atoms with van der Waals surface area (Å²) >= 11 is 0. The first-order chi connectivity index (χ1) is 14.9. The zero-order chi connectivity index (χ0) is 22.1. The highest BCUT2D eigenvalue weighted by molar-refractivity contribution is 5.90. The van der Waals surface area contributed by atoms with Crippen LogP contribution in [-0.4, -0.2) is 27.3 Å². The number of aromatic nitrogens is 3. The van der Waals surface area contributed by atoms with Crippen LogP contribution in [0.2, 0.25) is 0 Å². The minimum atomic E-state index is -0.485. The highest BCUT2D eigenvalue weighted by atomic mass is 19.1. The molecule has 8 heteroatoms. The van der Waals surface area contributed by atoms with Crippen LogP contribution in [0, 0.1) is 11.2 Å². The number of nitrogen functional groups attached to an aromatic ring is 1. The second-order valence-corrected chi connectivity index (χ2v) is 7.50. The molecular weight excluding hydrogens is 395 g/mol. The molecule has 0 saturated carbocycles. The maximum atomic E-state index is 14.2. The van der Waals surface area contributed by atoms with E-state index < -0.39 is 6.10 Å². The Morgan fingerprint density at radius 2 is 2.16 bits per heavy atom. The van der Waals surface area contributed by atoms with Gasteiger partial charge in [0.1, 0.15) is 11.9 Å². The molecule has 0 amide bonds. The monoisotopic (exact) mass is 420 g/mol. The Kier molecular flexibility index (Phi) is 5.46. The Morgan fingerprint density at radius 1 is 1.35 bits per heavy atom. The molecule has 1 aromatic carbocycles. The molecule has 0 spiro atoms. The van der Waals surface area contributed by atoms with Crippen molar-refractivity contribution in [3.8, 4) is 17.0 Å². The molecular formula is C23H25FN6O. The summed E-state index contributed by atoms with van der Waals surface area (Å²) in [5.41, 5.74) is 11.5. The number of nitrogens with one attached hydrogen (secondary N) is 2. The maximum Gasteiger partial charge on any atom is 0.166 e. The van der Waals surface area contributed by atoms with Crippen molar-refractivity contribution in [2.75, 3.05) is 12.3 Å². The van der Waals surface area contributed by atoms with E-state index in [1.807, 2.05) is 25.5 Å². The van der Waals surface area contributed by atoms with Crippen LogP contribution in [0.1, 0.15) is 36.8 Å². The van der Waals surface area contributed by atoms with E-state index in [0.717, 1.165) is 33.8 Å². The smallest absolute Gasteiger partial charge is 0.166 e. The van der Waals surface area contributed by atoms with Crippen LogP contribution >= 0.6 is 0 Å². The van der Waals surface area contributed by atoms with E-state index in [4.69, 9.17) is 15.9 Å². The second-order valence-electron chi connectivity index (χ2n) is 7.50. The number of nitrogens with two attached hydrogens (primary N) is 1. The van der Waals surface area contributed by atoms with Crippen molar-refractivity contribution in [2.45, 2.75) is 26.4 Å². The van der Waals surface area contributed by atoms with Crippen LogP contribution in [0.4, 0.5) is 10.2 Å². The molecule has 0 fully saturated rings. The number of hydrogen-bond acceptors (Lipinski definition) is 6. The van der Waals surface area contributed by atoms with Gasteiger partial charge < -0.3 is 25.8 Å². The third-order valence-corrected chi connectivity index (χ3v) is 5.40. The minimum Gasteiger partial charge on any atom is -0.482 e. The molecule has 0 radical (unpaired) electrons. The number of anilines is 1. The van der Waals surface area contributed by atoms with Crippen LogP contribution in [0.3, 0.4) is 0 Å². The van der Waals surface area contributed by atoms with Crippen molar-refractivity contribution in [1.29, 1.82) is 5.41 Å². The summed E-state index contributed by atoms with van der Waals surface area (Å²) in [5.74, 6) is 0.309. The Hall–Kier alpha value is -3.68. The molecule has 4 rings (SSSR count). The Labute approximate surface area is 180 Å². The number of benzene rings is 1. The number of allylic oxidation sites excluding steroid dienone is 1. The SMILES string of the molecule is CCN/C1=C(\C=N)Cc2ncn(C)c2-c2ccc(F)cc2C(C)Oc2cc1cnc2N. The van der Waals surface area contributed by atoms with Crippen molar-refractivity contribution in [2.24, 2.45) is 7.05 Å². The summed E-state index contributed by atoms with van der Waals surface area (Å²) < 4.78 is 22.3. The molecule has 1 unspecified atom stereocenters. The molecule has 0 saturated heterocycles. The molecule has 2 aromatic heterocycles. The van der Waals surface area contributed by atoms with E-state index >= 15 is 0 Å². The van der Waals surface area contributed by atoms with Gasteiger partial charge in [-0.05, 0) is 43.7 Å². The lowest BCUT2D eigenvalue weighted by atomic mass is 9.95. The van der Waals surface area contributed by atoms with Crippen molar-refractivity contribution < 1.29 is 9.13 Å². The standard InChI is InChI=1S/C23H25FN6O/c1-4-27-21-14(10-25)7-19-22(30(3)12-29-19)17-6-5-16(24)9-18(17)13(2)31-20-8-15(21)11-28-23(20)26/h5-6,8-13,25,27H,4,7H2,1-3H3,(H2,26,28)/b21-14-,25-10?. The largest absolute Gasteiger partial charge is 0.482 e. The number of hydrogen-bond donors (Lipinski definition) is 3. The van der Waals surface area contributed by atoms with E-state index in [1.54, 1.807) is 24.7 Å². The minimum absolute atomic E-state index is 0.249. The number of ether oxygens (including phenoxy) is 1. The van der Waals surface area contributed by atoms with E-state index in [1.165, 1.54) is 18.3 Å². The van der Waals surface area contributed by atoms with Crippen molar-refractivity contribution in [3.63, 3.8) is 0 Å². The fourth-order valence-electron chi connectivity index (χ4n) is 3.95. The van der Waals surface area contributed by atoms with Gasteiger partial charge in [0.05, 0.1) is 17.7 Å². The van der Waals surface area contributed by atoms with Gasteiger partial charge in [-0.15, -0.1) is 0 Å². The van der Waals surface area contributed by atoms with Gasteiger partial charge in [0.25, 0.3) is 0 Å². The highest BCUT2D eigenvalue weighted by Gasteiger charge is 2.23. The summed E-state index contributed by atoms with van der Waals surface area (Å²) in [6.07, 6.45) is 4.66. The van der Waals surface area contributed by atoms with Gasteiger partial charge >= 0.3 is 0 Å². The Balaban J connectivity index is 2.04. The first kappa shape index (κ1) is 20.6. The third kappa shape index (κ3) is 3.76. The molecule has 1 atom stereocenters. The van der Waals surface area contributed by atoms with Crippen molar-refractivity contribution >= 4 is 17.7 Å². The van der Waals surface area contributed by atoms with Gasteiger partial charge in [-0.2, -0.15) is 0 Å². The lowest BCUT2D eigenvalue weighted by Crippen LogP contribution is -2.17. The predicted octanol–water partition coefficient (Wildman–Crippen LogP) is 3.87. The zero-order valence-corrected chi connectivity index (χ0v) is 17.7. The topological polar surface area (TPSA) is 102 Å². The summed E-state index contributed by atoms with van der Waals surface area (Å²) in [7, 11) is 1.90. The summed E-state index contributed by atoms with van der Waals surface area (Å²) in [6.45, 7) is 4.52. The van der Waals surface area contributed by atoms with Gasteiger partial charge in [-0.1, -0.05) is 0 Å². The van der Waals surface area contributed by atoms with Crippen LogP contribution in [0.25, 0.3) is 17.0 Å². The fourth-order valence-corrected chi connectivity index (χ4v) is 3.95. The molecule has 4 N–H and O–H groups in total. The van der Waals surface area contributed by atoms with Gasteiger partial charge in [0.15, 0.2) is 11.6 Å². The summed E-state index contributed by atoms with van der Waals surface area (Å²) in [6, 6.07) is 6.46. The third-order valence-electron chi connectivity index (χ3n) is 5.40. The van der Waals surface area contributed by atoms with Crippen LogP contribution in [-0.2, 0) is 13.5 Å². The number of rotatable bonds is 3. The zero-order valence-electron chi connectivity index (χ0n) is 17.7. The summed E-state index contributed by atoms with van der Waals surface area (Å²) in [4.78, 5) is 8.89. The van der Waals surface area contributed by atoms with Crippen LogP contribution in [0.15, 0.2) is 42.4 Å². The Morgan fingerprint density at radius 3 is 2.90 bits per heavy atom. The molecule has 7 nitrogen and oxygen atoms in total. The first-order valence-electron chi connectivity index (χ1n) is 10.1. The quantitative estimate of drug-likeness (QED) is 0.558. The average Bonchev–Trinajstić information content (AvgIpc) is 3.11. The van der Waals surface area contributed by atoms with Crippen molar-refractivity contribution in [1.82, 2.24) is 19.9 Å². The number of aryl methyl sites for hydroxylation is 1. The molecule has 1 aliphatic rings. The average molecular weight is 420 g/mol. The molecule has 2 bridgehead atoms. The van der Waals surface area contributed by atoms with E-state index in [9.17, 15) is 4.39 Å². The van der Waals surface area contributed by atoms with Gasteiger partial charge in [0.2, 0.25) is 0 Å². The van der Waals surface area contributed by atoms with Crippen LogP contribution in [0.5, 0.6) is 5.75 Å². The predicted molar refractivity (Wildman–Crippen MR) is 119 cm³/mol. The number of halogens is 1. The molecule has 1 aliphatic heterocycles. The highest BCUT2D eigenvalue weighted by Crippen LogP contribution is 2.36. The lowest BCUT2D eigenvalue weighted by molar-refractivity contribution is 0.227. The van der Waals surface area contributed by atoms with Crippen molar-refractivity contribution in [3.05, 3.63) is 65.0 Å². The van der Waals surface area contributed by atoms with E-state index in [-0.39, 0.29) is 11.6 Å². The second kappa shape index (κ2) is 8.22. The molecule has 160 valence electrons. The normalized spacial score (nSPS) is 18.1. The molecule has 3 heterocycles. The van der Waals surface area contributed by atoms with E-state index in [0.29, 0.717) is 24.3 Å². The maximum absolute atomic E-state index is 14.2. The fraction of sp³-hybridized carbons (Fsp3) is 0.261. The van der Waals surface area contributed by atoms with E-state index in [2.05, 4.69) is 15.3 Å². The summed E-state index contributed by atoms with van der Waals surface area (Å²) in [5, 5.41) is 11.4. The lowest BCUT2D eigenvalue weighted by Gasteiger charge is -2.22. The van der Waals surface area contributed by atoms with Gasteiger partial charge in [0, 0.05) is 54.8 Å². The Bertz CT molecular complexity index is 1180. The van der Waals surface area contributed by atoms with Gasteiger partial charge in [-0.25, -0.2) is 14.4 Å². The van der Waals surface area contributed by atoms with Crippen LogP contribution < -0.4 is 15.8 Å². The molecule has 31 heavy (non-hydrogen) atoms. The number of nitrogens with zero attached hydrogens (tertiary/aromatic N) is 3. The number of fused-ring (bicyclic) bond motifs is 5. The van der Waals surface area contributed by atoms with Gasteiger partial charge in [-0.3, -0.25) is 0 Å². The number of imidazole rings is 1. The number of pyridine rings is 1. The first-order valence-corrected chi connectivity index (χ1v) is 10.1.